The first-order valence-corrected chi connectivity index (χ1v) is 11.1. The van der Waals surface area contributed by atoms with Crippen molar-refractivity contribution in [2.24, 2.45) is 5.92 Å². The average Bonchev–Trinajstić information content (AvgIpc) is 3.14. The lowest BCUT2D eigenvalue weighted by Gasteiger charge is -2.15. The van der Waals surface area contributed by atoms with E-state index in [1.807, 2.05) is 13.8 Å². The molecule has 2 aromatic carbocycles. The molecule has 0 bridgehead atoms. The predicted molar refractivity (Wildman–Crippen MR) is 111 cm³/mol. The molecular formula is C20H23N3O6S. The van der Waals surface area contributed by atoms with Gasteiger partial charge in [0.2, 0.25) is 10.0 Å². The van der Waals surface area contributed by atoms with Crippen molar-refractivity contribution < 1.29 is 27.6 Å². The number of hydrogen-bond donors (Lipinski definition) is 2. The first-order valence-electron chi connectivity index (χ1n) is 9.17. The summed E-state index contributed by atoms with van der Waals surface area (Å²) >= 11 is 0. The van der Waals surface area contributed by atoms with E-state index < -0.39 is 16.0 Å². The number of nitrogens with zero attached hydrogens (tertiary/aromatic N) is 1. The van der Waals surface area contributed by atoms with Crippen molar-refractivity contribution in [2.75, 3.05) is 17.6 Å². The second kappa shape index (κ2) is 9.06. The summed E-state index contributed by atoms with van der Waals surface area (Å²) < 4.78 is 31.6. The molecule has 3 rings (SSSR count). The molecule has 0 saturated carbocycles. The summed E-state index contributed by atoms with van der Waals surface area (Å²) in [5.41, 5.74) is 3.66. The molecule has 10 heteroatoms. The van der Waals surface area contributed by atoms with Crippen molar-refractivity contribution in [3.05, 3.63) is 65.9 Å². The van der Waals surface area contributed by atoms with E-state index in [0.29, 0.717) is 29.2 Å². The summed E-state index contributed by atoms with van der Waals surface area (Å²) in [4.78, 5) is 22.7. The summed E-state index contributed by atoms with van der Waals surface area (Å²) in [7, 11) is -3.52. The lowest BCUT2D eigenvalue weighted by atomic mass is 10.1. The first kappa shape index (κ1) is 21.5. The number of carbonyl (C=O) groups is 1. The van der Waals surface area contributed by atoms with Crippen LogP contribution in [0.15, 0.2) is 54.7 Å². The van der Waals surface area contributed by atoms with Gasteiger partial charge in [0.15, 0.2) is 5.76 Å². The zero-order chi connectivity index (χ0) is 21.7. The molecule has 1 heterocycles. The standard InChI is InChI=1S/C20H23N3O6S/c1-14(2)13-27-18-10-9-16(11-17(18)21-30(3,25)26)19-12-23(22-28-19)29-20(24)15-7-5-4-6-8-15/h4-12,14,21-22H,13H2,1-3H3. The third kappa shape index (κ3) is 5.88. The summed E-state index contributed by atoms with van der Waals surface area (Å²) in [6.45, 7) is 4.42. The molecule has 30 heavy (non-hydrogen) atoms. The highest BCUT2D eigenvalue weighted by Gasteiger charge is 2.21. The molecule has 1 aliphatic heterocycles. The molecule has 0 fully saturated rings. The van der Waals surface area contributed by atoms with E-state index in [4.69, 9.17) is 14.4 Å². The third-order valence-corrected chi connectivity index (χ3v) is 4.39. The van der Waals surface area contributed by atoms with Crippen LogP contribution in [0.1, 0.15) is 29.8 Å². The molecular weight excluding hydrogens is 410 g/mol. The number of anilines is 1. The fourth-order valence-corrected chi connectivity index (χ4v) is 3.05. The molecule has 0 unspecified atom stereocenters. The van der Waals surface area contributed by atoms with Gasteiger partial charge in [-0.3, -0.25) is 4.72 Å². The third-order valence-electron chi connectivity index (χ3n) is 3.80. The maximum atomic E-state index is 12.1. The average molecular weight is 433 g/mol. The summed E-state index contributed by atoms with van der Waals surface area (Å²) in [5.74, 6) is 0.425. The van der Waals surface area contributed by atoms with E-state index >= 15 is 0 Å². The largest absolute Gasteiger partial charge is 0.491 e. The van der Waals surface area contributed by atoms with Crippen molar-refractivity contribution in [1.82, 2.24) is 10.8 Å². The van der Waals surface area contributed by atoms with Crippen LogP contribution < -0.4 is 15.0 Å². The minimum Gasteiger partial charge on any atom is -0.491 e. The lowest BCUT2D eigenvalue weighted by molar-refractivity contribution is -0.160. The van der Waals surface area contributed by atoms with Gasteiger partial charge in [0.25, 0.3) is 0 Å². The fraction of sp³-hybridized carbons (Fsp3) is 0.250. The Morgan fingerprint density at radius 3 is 2.60 bits per heavy atom. The van der Waals surface area contributed by atoms with Gasteiger partial charge in [-0.15, -0.1) is 5.17 Å². The van der Waals surface area contributed by atoms with Gasteiger partial charge < -0.3 is 14.4 Å². The zero-order valence-electron chi connectivity index (χ0n) is 16.8. The number of hydrogen-bond acceptors (Lipinski definition) is 8. The highest BCUT2D eigenvalue weighted by atomic mass is 32.2. The molecule has 0 atom stereocenters. The second-order valence-electron chi connectivity index (χ2n) is 7.05. The maximum Gasteiger partial charge on any atom is 0.365 e. The summed E-state index contributed by atoms with van der Waals surface area (Å²) in [6.07, 6.45) is 2.48. The van der Waals surface area contributed by atoms with E-state index in [0.717, 1.165) is 11.4 Å². The number of carbonyl (C=O) groups excluding carboxylic acids is 1. The van der Waals surface area contributed by atoms with Crippen LogP contribution in [0, 0.1) is 5.92 Å². The van der Waals surface area contributed by atoms with Crippen molar-refractivity contribution in [2.45, 2.75) is 13.8 Å². The van der Waals surface area contributed by atoms with E-state index in [2.05, 4.69) is 10.3 Å². The Kier molecular flexibility index (Phi) is 6.48. The van der Waals surface area contributed by atoms with Crippen LogP contribution in [-0.4, -0.2) is 32.4 Å². The Morgan fingerprint density at radius 1 is 1.20 bits per heavy atom. The minimum absolute atomic E-state index is 0.272. The molecule has 160 valence electrons. The van der Waals surface area contributed by atoms with Crippen LogP contribution in [0.5, 0.6) is 5.75 Å². The highest BCUT2D eigenvalue weighted by molar-refractivity contribution is 7.92. The second-order valence-corrected chi connectivity index (χ2v) is 8.80. The molecule has 2 aromatic rings. The van der Waals surface area contributed by atoms with Gasteiger partial charge in [0.1, 0.15) is 11.9 Å². The Labute approximate surface area is 175 Å². The SMILES string of the molecule is CC(C)COc1ccc(C2=CN(OC(=O)c3ccccc3)NO2)cc1NS(C)(=O)=O. The fourth-order valence-electron chi connectivity index (χ4n) is 2.49. The van der Waals surface area contributed by atoms with E-state index in [-0.39, 0.29) is 11.6 Å². The topological polar surface area (TPSA) is 106 Å². The molecule has 2 N–H and O–H groups in total. The van der Waals surface area contributed by atoms with Crippen LogP contribution in [0.25, 0.3) is 5.76 Å². The first-order chi connectivity index (χ1) is 14.2. The van der Waals surface area contributed by atoms with Crippen LogP contribution in [0.3, 0.4) is 0 Å². The molecule has 9 nitrogen and oxygen atoms in total. The van der Waals surface area contributed by atoms with E-state index in [9.17, 15) is 13.2 Å². The Hall–Kier alpha value is -3.24. The number of benzene rings is 2. The number of hydrazine groups is 1. The van der Waals surface area contributed by atoms with Crippen LogP contribution in [0.2, 0.25) is 0 Å². The van der Waals surface area contributed by atoms with Crippen molar-refractivity contribution in [1.29, 1.82) is 0 Å². The monoisotopic (exact) mass is 433 g/mol. The van der Waals surface area contributed by atoms with Crippen LogP contribution in [0.4, 0.5) is 5.69 Å². The number of rotatable bonds is 8. The smallest absolute Gasteiger partial charge is 0.365 e. The summed E-state index contributed by atoms with van der Waals surface area (Å²) in [5, 5.41) is 1.03. The lowest BCUT2D eigenvalue weighted by Crippen LogP contribution is -2.30. The molecule has 0 radical (unpaired) electrons. The Morgan fingerprint density at radius 2 is 1.93 bits per heavy atom. The molecule has 0 amide bonds. The van der Waals surface area contributed by atoms with Crippen molar-refractivity contribution in [3.8, 4) is 5.75 Å². The van der Waals surface area contributed by atoms with Gasteiger partial charge in [-0.25, -0.2) is 13.2 Å². The number of hydroxylamine groups is 1. The maximum absolute atomic E-state index is 12.1. The number of sulfonamides is 1. The van der Waals surface area contributed by atoms with Gasteiger partial charge >= 0.3 is 5.97 Å². The quantitative estimate of drug-likeness (QED) is 0.655. The molecule has 1 aliphatic rings. The van der Waals surface area contributed by atoms with Crippen LogP contribution in [-0.2, 0) is 19.7 Å². The Balaban J connectivity index is 1.78. The normalized spacial score (nSPS) is 13.6. The molecule has 0 aromatic heterocycles. The summed E-state index contributed by atoms with van der Waals surface area (Å²) in [6, 6.07) is 13.4. The van der Waals surface area contributed by atoms with Gasteiger partial charge in [-0.05, 0) is 41.8 Å². The zero-order valence-corrected chi connectivity index (χ0v) is 17.6. The van der Waals surface area contributed by atoms with Gasteiger partial charge in [0, 0.05) is 5.56 Å². The predicted octanol–water partition coefficient (Wildman–Crippen LogP) is 2.92. The van der Waals surface area contributed by atoms with Gasteiger partial charge in [-0.1, -0.05) is 32.0 Å². The van der Waals surface area contributed by atoms with Crippen molar-refractivity contribution >= 4 is 27.4 Å². The van der Waals surface area contributed by atoms with Crippen LogP contribution >= 0.6 is 0 Å². The van der Waals surface area contributed by atoms with Gasteiger partial charge in [0.05, 0.1) is 24.1 Å². The molecule has 0 aliphatic carbocycles. The number of nitrogens with one attached hydrogen (secondary N) is 2. The van der Waals surface area contributed by atoms with Crippen molar-refractivity contribution in [3.63, 3.8) is 0 Å². The molecule has 0 saturated heterocycles. The molecule has 0 spiro atoms. The highest BCUT2D eigenvalue weighted by Crippen LogP contribution is 2.31. The minimum atomic E-state index is -3.52. The Bertz CT molecular complexity index is 1040. The van der Waals surface area contributed by atoms with Gasteiger partial charge in [-0.2, -0.15) is 0 Å². The van der Waals surface area contributed by atoms with E-state index in [1.165, 1.54) is 6.20 Å². The van der Waals surface area contributed by atoms with E-state index in [1.54, 1.807) is 48.5 Å². The number of ether oxygens (including phenoxy) is 1.